The Morgan fingerprint density at radius 2 is 1.62 bits per heavy atom. The minimum Gasteiger partial charge on any atom is -0.497 e. The van der Waals surface area contributed by atoms with Gasteiger partial charge < -0.3 is 10.1 Å². The summed E-state index contributed by atoms with van der Waals surface area (Å²) in [5.74, 6) is 0.130. The number of carbonyl (C=O) groups excluding carboxylic acids is 1. The van der Waals surface area contributed by atoms with Crippen LogP contribution in [0.2, 0.25) is 0 Å². The third-order valence-corrected chi connectivity index (χ3v) is 4.19. The molecule has 3 aromatic carbocycles. The Morgan fingerprint density at radius 1 is 0.897 bits per heavy atom. The fraction of sp³-hybridized carbons (Fsp3) is 0.0500. The van der Waals surface area contributed by atoms with Crippen molar-refractivity contribution in [3.8, 4) is 16.9 Å². The van der Waals surface area contributed by atoms with Gasteiger partial charge in [0.2, 0.25) is 0 Å². The number of methoxy groups -OCH3 is 1. The molecule has 0 heterocycles. The van der Waals surface area contributed by atoms with Gasteiger partial charge in [0.25, 0.3) is 17.3 Å². The zero-order valence-electron chi connectivity index (χ0n) is 15.2. The monoisotopic (exact) mass is 393 g/mol. The van der Waals surface area contributed by atoms with Gasteiger partial charge in [-0.2, -0.15) is 0 Å². The molecule has 0 aromatic heterocycles. The van der Waals surface area contributed by atoms with Crippen molar-refractivity contribution >= 4 is 23.0 Å². The van der Waals surface area contributed by atoms with Crippen molar-refractivity contribution in [3.63, 3.8) is 0 Å². The number of hydrogen-bond donors (Lipinski definition) is 1. The lowest BCUT2D eigenvalue weighted by Crippen LogP contribution is -2.13. The number of rotatable bonds is 6. The highest BCUT2D eigenvalue weighted by Crippen LogP contribution is 2.30. The molecule has 0 aliphatic rings. The van der Waals surface area contributed by atoms with Crippen LogP contribution in [0.1, 0.15) is 10.4 Å². The van der Waals surface area contributed by atoms with Gasteiger partial charge in [0, 0.05) is 11.6 Å². The molecule has 0 aliphatic carbocycles. The zero-order valence-corrected chi connectivity index (χ0v) is 15.2. The Kier molecular flexibility index (Phi) is 5.49. The second kappa shape index (κ2) is 8.17. The Bertz CT molecular complexity index is 1100. The summed E-state index contributed by atoms with van der Waals surface area (Å²) in [6, 6.07) is 17.1. The van der Waals surface area contributed by atoms with Crippen LogP contribution in [0.25, 0.3) is 11.1 Å². The molecule has 0 saturated heterocycles. The Morgan fingerprint density at radius 3 is 2.24 bits per heavy atom. The standard InChI is InChI=1S/C20H15N3O6/c1-29-17-8-5-13(6-9-17)14-3-2-4-15(11-14)20(24)21-18-10-7-16(22(25)26)12-19(18)23(27)28/h2-12H,1H3,(H,21,24). The van der Waals surface area contributed by atoms with Gasteiger partial charge in [-0.1, -0.05) is 24.3 Å². The van der Waals surface area contributed by atoms with Gasteiger partial charge >= 0.3 is 0 Å². The van der Waals surface area contributed by atoms with Crippen molar-refractivity contribution in [2.24, 2.45) is 0 Å². The van der Waals surface area contributed by atoms with E-state index in [-0.39, 0.29) is 11.3 Å². The highest BCUT2D eigenvalue weighted by Gasteiger charge is 2.21. The quantitative estimate of drug-likeness (QED) is 0.488. The van der Waals surface area contributed by atoms with Crippen molar-refractivity contribution in [1.82, 2.24) is 0 Å². The fourth-order valence-corrected chi connectivity index (χ4v) is 2.71. The third kappa shape index (κ3) is 4.35. The van der Waals surface area contributed by atoms with E-state index in [1.54, 1.807) is 37.4 Å². The van der Waals surface area contributed by atoms with E-state index in [2.05, 4.69) is 5.32 Å². The van der Waals surface area contributed by atoms with Crippen molar-refractivity contribution in [2.75, 3.05) is 12.4 Å². The summed E-state index contributed by atoms with van der Waals surface area (Å²) in [6.45, 7) is 0. The van der Waals surface area contributed by atoms with E-state index in [4.69, 9.17) is 4.74 Å². The molecule has 0 fully saturated rings. The summed E-state index contributed by atoms with van der Waals surface area (Å²) in [7, 11) is 1.57. The maximum absolute atomic E-state index is 12.6. The summed E-state index contributed by atoms with van der Waals surface area (Å²) in [5, 5.41) is 24.5. The molecule has 29 heavy (non-hydrogen) atoms. The number of ether oxygens (including phenoxy) is 1. The molecule has 9 nitrogen and oxygen atoms in total. The third-order valence-electron chi connectivity index (χ3n) is 4.19. The smallest absolute Gasteiger partial charge is 0.299 e. The van der Waals surface area contributed by atoms with Crippen LogP contribution in [0, 0.1) is 20.2 Å². The van der Waals surface area contributed by atoms with Gasteiger partial charge in [-0.15, -0.1) is 0 Å². The Labute approximate surface area is 164 Å². The van der Waals surface area contributed by atoms with Crippen molar-refractivity contribution in [3.05, 3.63) is 92.5 Å². The molecule has 0 unspecified atom stereocenters. The van der Waals surface area contributed by atoms with E-state index >= 15 is 0 Å². The molecule has 146 valence electrons. The van der Waals surface area contributed by atoms with Crippen LogP contribution in [-0.4, -0.2) is 22.9 Å². The predicted molar refractivity (Wildman–Crippen MR) is 106 cm³/mol. The van der Waals surface area contributed by atoms with E-state index in [0.29, 0.717) is 5.75 Å². The number of nitrogens with one attached hydrogen (secondary N) is 1. The van der Waals surface area contributed by atoms with Crippen LogP contribution in [0.4, 0.5) is 17.1 Å². The molecule has 3 rings (SSSR count). The first-order chi connectivity index (χ1) is 13.9. The molecule has 3 aromatic rings. The van der Waals surface area contributed by atoms with Crippen LogP contribution in [-0.2, 0) is 0 Å². The minimum absolute atomic E-state index is 0.125. The van der Waals surface area contributed by atoms with Crippen LogP contribution in [0.3, 0.4) is 0 Å². The van der Waals surface area contributed by atoms with E-state index in [1.807, 2.05) is 18.2 Å². The van der Waals surface area contributed by atoms with Gasteiger partial charge in [0.05, 0.1) is 23.0 Å². The number of carbonyl (C=O) groups is 1. The number of hydrogen-bond acceptors (Lipinski definition) is 6. The minimum atomic E-state index is -0.781. The summed E-state index contributed by atoms with van der Waals surface area (Å²) >= 11 is 0. The van der Waals surface area contributed by atoms with Gasteiger partial charge in [0.1, 0.15) is 11.4 Å². The van der Waals surface area contributed by atoms with E-state index in [0.717, 1.165) is 29.3 Å². The topological polar surface area (TPSA) is 125 Å². The summed E-state index contributed by atoms with van der Waals surface area (Å²) < 4.78 is 5.13. The largest absolute Gasteiger partial charge is 0.497 e. The first-order valence-electron chi connectivity index (χ1n) is 8.37. The molecular formula is C20H15N3O6. The van der Waals surface area contributed by atoms with Crippen molar-refractivity contribution < 1.29 is 19.4 Å². The average Bonchev–Trinajstić information content (AvgIpc) is 2.73. The lowest BCUT2D eigenvalue weighted by Gasteiger charge is -2.08. The van der Waals surface area contributed by atoms with Crippen molar-refractivity contribution in [2.45, 2.75) is 0 Å². The maximum atomic E-state index is 12.6. The van der Waals surface area contributed by atoms with Crippen LogP contribution < -0.4 is 10.1 Å². The number of benzene rings is 3. The highest BCUT2D eigenvalue weighted by atomic mass is 16.6. The average molecular weight is 393 g/mol. The Hall–Kier alpha value is -4.27. The van der Waals surface area contributed by atoms with Crippen LogP contribution in [0.5, 0.6) is 5.75 Å². The number of nitrogens with zero attached hydrogens (tertiary/aromatic N) is 2. The lowest BCUT2D eigenvalue weighted by atomic mass is 10.0. The van der Waals surface area contributed by atoms with Crippen LogP contribution >= 0.6 is 0 Å². The first kappa shape index (κ1) is 19.5. The molecule has 0 saturated carbocycles. The summed E-state index contributed by atoms with van der Waals surface area (Å²) in [6.07, 6.45) is 0. The molecule has 0 radical (unpaired) electrons. The number of anilines is 1. The molecule has 9 heteroatoms. The number of nitro benzene ring substituents is 2. The normalized spacial score (nSPS) is 10.2. The molecule has 0 bridgehead atoms. The van der Waals surface area contributed by atoms with Gasteiger partial charge in [-0.3, -0.25) is 25.0 Å². The van der Waals surface area contributed by atoms with Gasteiger partial charge in [-0.05, 0) is 41.5 Å². The number of amides is 1. The molecular weight excluding hydrogens is 378 g/mol. The molecule has 0 aliphatic heterocycles. The second-order valence-electron chi connectivity index (χ2n) is 5.98. The van der Waals surface area contributed by atoms with Crippen molar-refractivity contribution in [1.29, 1.82) is 0 Å². The predicted octanol–water partition coefficient (Wildman–Crippen LogP) is 4.43. The highest BCUT2D eigenvalue weighted by molar-refractivity contribution is 6.06. The maximum Gasteiger partial charge on any atom is 0.299 e. The number of non-ortho nitro benzene ring substituents is 1. The van der Waals surface area contributed by atoms with Gasteiger partial charge in [0.15, 0.2) is 0 Å². The van der Waals surface area contributed by atoms with E-state index in [9.17, 15) is 25.0 Å². The molecule has 1 N–H and O–H groups in total. The van der Waals surface area contributed by atoms with Crippen LogP contribution in [0.15, 0.2) is 66.7 Å². The second-order valence-corrected chi connectivity index (χ2v) is 5.98. The number of nitro groups is 2. The first-order valence-corrected chi connectivity index (χ1v) is 8.37. The zero-order chi connectivity index (χ0) is 21.0. The fourth-order valence-electron chi connectivity index (χ4n) is 2.71. The van der Waals surface area contributed by atoms with E-state index < -0.39 is 27.1 Å². The van der Waals surface area contributed by atoms with Gasteiger partial charge in [-0.25, -0.2) is 0 Å². The SMILES string of the molecule is COc1ccc(-c2cccc(C(=O)Nc3ccc([N+](=O)[O-])cc3[N+](=O)[O-])c2)cc1. The molecule has 0 spiro atoms. The summed E-state index contributed by atoms with van der Waals surface area (Å²) in [4.78, 5) is 33.1. The Balaban J connectivity index is 1.88. The summed E-state index contributed by atoms with van der Waals surface area (Å²) in [5.41, 5.74) is 0.807. The molecule has 0 atom stereocenters. The molecule has 1 amide bonds. The van der Waals surface area contributed by atoms with E-state index in [1.165, 1.54) is 0 Å². The lowest BCUT2D eigenvalue weighted by molar-refractivity contribution is -0.393.